The SMILES string of the molecule is O=C(N=Nc1ccc(NOC(=O)c2ccc(Cl)cc2)cc1)c1ccc([N+](=O)[O-])cc1. The van der Waals surface area contributed by atoms with Crippen molar-refractivity contribution in [2.45, 2.75) is 0 Å². The third kappa shape index (κ3) is 5.46. The van der Waals surface area contributed by atoms with Gasteiger partial charge in [0.1, 0.15) is 0 Å². The molecule has 0 aromatic heterocycles. The molecule has 9 nitrogen and oxygen atoms in total. The van der Waals surface area contributed by atoms with Crippen LogP contribution in [0.4, 0.5) is 17.1 Å². The van der Waals surface area contributed by atoms with Gasteiger partial charge in [0, 0.05) is 22.7 Å². The number of benzene rings is 3. The van der Waals surface area contributed by atoms with E-state index in [-0.39, 0.29) is 11.3 Å². The van der Waals surface area contributed by atoms with Crippen LogP contribution in [-0.2, 0) is 4.84 Å². The molecule has 0 fully saturated rings. The third-order valence-electron chi connectivity index (χ3n) is 3.79. The van der Waals surface area contributed by atoms with Crippen LogP contribution >= 0.6 is 11.6 Å². The van der Waals surface area contributed by atoms with Crippen LogP contribution < -0.4 is 5.48 Å². The third-order valence-corrected chi connectivity index (χ3v) is 4.04. The van der Waals surface area contributed by atoms with Crippen molar-refractivity contribution in [3.8, 4) is 0 Å². The van der Waals surface area contributed by atoms with Crippen LogP contribution in [0.3, 0.4) is 0 Å². The van der Waals surface area contributed by atoms with Crippen LogP contribution in [-0.4, -0.2) is 16.8 Å². The van der Waals surface area contributed by atoms with Crippen molar-refractivity contribution in [1.82, 2.24) is 0 Å². The van der Waals surface area contributed by atoms with E-state index in [1.165, 1.54) is 36.4 Å². The van der Waals surface area contributed by atoms with Gasteiger partial charge < -0.3 is 4.84 Å². The molecule has 0 heterocycles. The molecule has 150 valence electrons. The zero-order chi connectivity index (χ0) is 21.5. The normalized spacial score (nSPS) is 10.6. The van der Waals surface area contributed by atoms with Crippen molar-refractivity contribution in [2.75, 3.05) is 5.48 Å². The number of nitrogens with one attached hydrogen (secondary N) is 1. The lowest BCUT2D eigenvalue weighted by Gasteiger charge is -2.06. The molecule has 0 radical (unpaired) electrons. The van der Waals surface area contributed by atoms with Gasteiger partial charge in [-0.15, -0.1) is 10.2 Å². The summed E-state index contributed by atoms with van der Waals surface area (Å²) in [4.78, 5) is 39.0. The summed E-state index contributed by atoms with van der Waals surface area (Å²) in [6, 6.07) is 17.6. The minimum atomic E-state index is -0.635. The smallest absolute Gasteiger partial charge is 0.338 e. The molecule has 0 spiro atoms. The zero-order valence-electron chi connectivity index (χ0n) is 15.2. The van der Waals surface area contributed by atoms with Gasteiger partial charge in [-0.3, -0.25) is 14.9 Å². The van der Waals surface area contributed by atoms with Crippen molar-refractivity contribution in [3.05, 3.63) is 99.1 Å². The molecular weight excluding hydrogens is 412 g/mol. The number of azo groups is 1. The summed E-state index contributed by atoms with van der Waals surface area (Å²) in [6.45, 7) is 0. The van der Waals surface area contributed by atoms with E-state index in [0.717, 1.165) is 0 Å². The van der Waals surface area contributed by atoms with Gasteiger partial charge in [0.25, 0.3) is 11.6 Å². The van der Waals surface area contributed by atoms with E-state index in [2.05, 4.69) is 15.7 Å². The molecule has 0 atom stereocenters. The number of nitrogens with zero attached hydrogens (tertiary/aromatic N) is 3. The van der Waals surface area contributed by atoms with E-state index in [1.807, 2.05) is 0 Å². The highest BCUT2D eigenvalue weighted by Gasteiger charge is 2.09. The number of non-ortho nitro benzene ring substituents is 1. The number of nitro benzene ring substituents is 1. The summed E-state index contributed by atoms with van der Waals surface area (Å²) in [7, 11) is 0. The maximum absolute atomic E-state index is 12.0. The highest BCUT2D eigenvalue weighted by Crippen LogP contribution is 2.19. The molecule has 0 aliphatic rings. The quantitative estimate of drug-likeness (QED) is 0.323. The van der Waals surface area contributed by atoms with E-state index < -0.39 is 16.8 Å². The van der Waals surface area contributed by atoms with E-state index in [1.54, 1.807) is 36.4 Å². The van der Waals surface area contributed by atoms with Crippen LogP contribution in [0.1, 0.15) is 20.7 Å². The Balaban J connectivity index is 1.55. The molecule has 0 unspecified atom stereocenters. The molecule has 10 heteroatoms. The molecular formula is C20H13ClN4O5. The number of hydrogen-bond acceptors (Lipinski definition) is 7. The first-order valence-corrected chi connectivity index (χ1v) is 8.83. The van der Waals surface area contributed by atoms with Crippen LogP contribution in [0.2, 0.25) is 5.02 Å². The second kappa shape index (κ2) is 9.39. The fourth-order valence-electron chi connectivity index (χ4n) is 2.23. The molecule has 0 bridgehead atoms. The lowest BCUT2D eigenvalue weighted by atomic mass is 10.2. The van der Waals surface area contributed by atoms with Crippen LogP contribution in [0, 0.1) is 10.1 Å². The van der Waals surface area contributed by atoms with Crippen LogP contribution in [0.25, 0.3) is 0 Å². The number of rotatable bonds is 6. The Morgan fingerprint density at radius 2 is 1.50 bits per heavy atom. The summed E-state index contributed by atoms with van der Waals surface area (Å²) in [6.07, 6.45) is 0. The summed E-state index contributed by atoms with van der Waals surface area (Å²) in [5.41, 5.74) is 3.78. The Kier molecular flexibility index (Phi) is 6.46. The zero-order valence-corrected chi connectivity index (χ0v) is 15.9. The second-order valence-electron chi connectivity index (χ2n) is 5.85. The van der Waals surface area contributed by atoms with Gasteiger partial charge in [0.15, 0.2) is 0 Å². The van der Waals surface area contributed by atoms with E-state index >= 15 is 0 Å². The number of amides is 1. The summed E-state index contributed by atoms with van der Waals surface area (Å²) >= 11 is 5.77. The van der Waals surface area contributed by atoms with Gasteiger partial charge in [-0.2, -0.15) is 0 Å². The van der Waals surface area contributed by atoms with Gasteiger partial charge in [0.2, 0.25) is 0 Å². The Labute approximate surface area is 175 Å². The molecule has 1 amide bonds. The summed E-state index contributed by atoms with van der Waals surface area (Å²) < 4.78 is 0. The number of nitro groups is 1. The van der Waals surface area contributed by atoms with Gasteiger partial charge in [-0.05, 0) is 60.7 Å². The highest BCUT2D eigenvalue weighted by molar-refractivity contribution is 6.30. The molecule has 3 aromatic rings. The van der Waals surface area contributed by atoms with E-state index in [4.69, 9.17) is 16.4 Å². The number of halogens is 1. The molecule has 3 aromatic carbocycles. The fourth-order valence-corrected chi connectivity index (χ4v) is 2.36. The first-order chi connectivity index (χ1) is 14.4. The lowest BCUT2D eigenvalue weighted by Crippen LogP contribution is -2.10. The molecule has 0 saturated heterocycles. The maximum atomic E-state index is 12.0. The summed E-state index contributed by atoms with van der Waals surface area (Å²) in [5, 5.41) is 18.6. The Morgan fingerprint density at radius 3 is 2.10 bits per heavy atom. The predicted octanol–water partition coefficient (Wildman–Crippen LogP) is 5.36. The van der Waals surface area contributed by atoms with Crippen molar-refractivity contribution in [1.29, 1.82) is 0 Å². The standard InChI is InChI=1S/C20H13ClN4O5/c21-15-5-1-14(2-6-15)20(27)30-24-17-9-7-16(8-10-17)22-23-19(26)13-3-11-18(12-4-13)25(28)29/h1-12,24H. The first-order valence-electron chi connectivity index (χ1n) is 8.46. The highest BCUT2D eigenvalue weighted by atomic mass is 35.5. The summed E-state index contributed by atoms with van der Waals surface area (Å²) in [5.74, 6) is -1.21. The lowest BCUT2D eigenvalue weighted by molar-refractivity contribution is -0.384. The average molecular weight is 425 g/mol. The molecule has 1 N–H and O–H groups in total. The molecule has 30 heavy (non-hydrogen) atoms. The molecule has 3 rings (SSSR count). The Morgan fingerprint density at radius 1 is 0.900 bits per heavy atom. The number of carbonyl (C=O) groups excluding carboxylic acids is 2. The molecule has 0 aliphatic heterocycles. The minimum Gasteiger partial charge on any atom is -0.338 e. The van der Waals surface area contributed by atoms with Gasteiger partial charge in [0.05, 0.1) is 21.9 Å². The van der Waals surface area contributed by atoms with Crippen molar-refractivity contribution in [2.24, 2.45) is 10.2 Å². The second-order valence-corrected chi connectivity index (χ2v) is 6.29. The van der Waals surface area contributed by atoms with Gasteiger partial charge in [-0.25, -0.2) is 10.3 Å². The predicted molar refractivity (Wildman–Crippen MR) is 109 cm³/mol. The van der Waals surface area contributed by atoms with E-state index in [0.29, 0.717) is 22.0 Å². The number of anilines is 1. The molecule has 0 saturated carbocycles. The van der Waals surface area contributed by atoms with Crippen molar-refractivity contribution in [3.63, 3.8) is 0 Å². The monoisotopic (exact) mass is 424 g/mol. The van der Waals surface area contributed by atoms with Crippen molar-refractivity contribution >= 4 is 40.5 Å². The molecule has 0 aliphatic carbocycles. The first kappa shape index (κ1) is 20.6. The van der Waals surface area contributed by atoms with Crippen LogP contribution in [0.15, 0.2) is 83.0 Å². The van der Waals surface area contributed by atoms with Crippen LogP contribution in [0.5, 0.6) is 0 Å². The average Bonchev–Trinajstić information content (AvgIpc) is 2.77. The minimum absolute atomic E-state index is 0.122. The largest absolute Gasteiger partial charge is 0.362 e. The Hall–Kier alpha value is -4.11. The fraction of sp³-hybridized carbons (Fsp3) is 0. The van der Waals surface area contributed by atoms with Gasteiger partial charge in [-0.1, -0.05) is 11.6 Å². The van der Waals surface area contributed by atoms with Crippen molar-refractivity contribution < 1.29 is 19.3 Å². The number of carbonyl (C=O) groups is 2. The maximum Gasteiger partial charge on any atom is 0.362 e. The van der Waals surface area contributed by atoms with Gasteiger partial charge >= 0.3 is 5.97 Å². The Bertz CT molecular complexity index is 1100. The topological polar surface area (TPSA) is 123 Å². The number of hydrogen-bond donors (Lipinski definition) is 1. The van der Waals surface area contributed by atoms with E-state index in [9.17, 15) is 19.7 Å².